The fraction of sp³-hybridized carbons (Fsp3) is 0.294. The fourth-order valence-electron chi connectivity index (χ4n) is 2.28. The number of ether oxygens (including phenoxy) is 1. The molecule has 5 nitrogen and oxygen atoms in total. The van der Waals surface area contributed by atoms with Crippen LogP contribution in [0.1, 0.15) is 31.0 Å². The van der Waals surface area contributed by atoms with Gasteiger partial charge in [0.1, 0.15) is 5.75 Å². The van der Waals surface area contributed by atoms with Gasteiger partial charge in [0.05, 0.1) is 17.2 Å². The van der Waals surface area contributed by atoms with Gasteiger partial charge < -0.3 is 10.1 Å². The summed E-state index contributed by atoms with van der Waals surface area (Å²) >= 11 is 0. The lowest BCUT2D eigenvalue weighted by Gasteiger charge is -2.18. The van der Waals surface area contributed by atoms with Crippen molar-refractivity contribution in [3.05, 3.63) is 63.7 Å². The van der Waals surface area contributed by atoms with E-state index in [1.807, 2.05) is 44.2 Å². The number of nitro benzene ring substituents is 1. The normalized spacial score (nSPS) is 11.8. The van der Waals surface area contributed by atoms with Crippen molar-refractivity contribution in [2.24, 2.45) is 0 Å². The van der Waals surface area contributed by atoms with Gasteiger partial charge in [-0.15, -0.1) is 0 Å². The van der Waals surface area contributed by atoms with Crippen LogP contribution in [-0.4, -0.2) is 11.5 Å². The fourth-order valence-corrected chi connectivity index (χ4v) is 2.28. The van der Waals surface area contributed by atoms with Crippen molar-refractivity contribution in [1.82, 2.24) is 0 Å². The third-order valence-electron chi connectivity index (χ3n) is 3.49. The molecule has 0 saturated carbocycles. The molecule has 1 unspecified atom stereocenters. The molecule has 0 bridgehead atoms. The van der Waals surface area contributed by atoms with Gasteiger partial charge in [-0.25, -0.2) is 0 Å². The molecule has 2 rings (SSSR count). The van der Waals surface area contributed by atoms with E-state index in [0.717, 1.165) is 17.0 Å². The van der Waals surface area contributed by atoms with Crippen molar-refractivity contribution < 1.29 is 9.66 Å². The molecule has 0 heterocycles. The summed E-state index contributed by atoms with van der Waals surface area (Å²) in [5.41, 5.74) is 2.54. The van der Waals surface area contributed by atoms with Crippen LogP contribution < -0.4 is 10.1 Å². The number of anilines is 1. The predicted octanol–water partition coefficient (Wildman–Crippen LogP) is 4.48. The third kappa shape index (κ3) is 3.55. The average Bonchev–Trinajstić information content (AvgIpc) is 2.49. The first-order valence-corrected chi connectivity index (χ1v) is 7.26. The van der Waals surface area contributed by atoms with Gasteiger partial charge in [0, 0.05) is 17.7 Å². The van der Waals surface area contributed by atoms with Crippen molar-refractivity contribution in [1.29, 1.82) is 0 Å². The van der Waals surface area contributed by atoms with Crippen molar-refractivity contribution in [3.8, 4) is 5.75 Å². The minimum atomic E-state index is -0.348. The molecule has 0 aliphatic rings. The number of nitrogens with zero attached hydrogens (tertiary/aromatic N) is 1. The Hall–Kier alpha value is -2.56. The zero-order valence-electron chi connectivity index (χ0n) is 13.0. The summed E-state index contributed by atoms with van der Waals surface area (Å²) in [6.07, 6.45) is 0. The number of aryl methyl sites for hydroxylation is 1. The predicted molar refractivity (Wildman–Crippen MR) is 87.5 cm³/mol. The smallest absolute Gasteiger partial charge is 0.272 e. The quantitative estimate of drug-likeness (QED) is 0.631. The zero-order chi connectivity index (χ0) is 16.1. The van der Waals surface area contributed by atoms with Crippen LogP contribution in [0.25, 0.3) is 0 Å². The van der Waals surface area contributed by atoms with Gasteiger partial charge in [0.15, 0.2) is 0 Å². The van der Waals surface area contributed by atoms with E-state index in [1.165, 1.54) is 0 Å². The number of hydrogen-bond acceptors (Lipinski definition) is 4. The van der Waals surface area contributed by atoms with Gasteiger partial charge in [-0.3, -0.25) is 10.1 Å². The molecule has 0 aliphatic carbocycles. The molecule has 0 aliphatic heterocycles. The third-order valence-corrected chi connectivity index (χ3v) is 3.49. The Morgan fingerprint density at radius 1 is 1.27 bits per heavy atom. The number of nitro groups is 1. The molecule has 1 atom stereocenters. The first kappa shape index (κ1) is 15.8. The molecule has 0 spiro atoms. The molecule has 0 amide bonds. The second kappa shape index (κ2) is 6.93. The lowest BCUT2D eigenvalue weighted by atomic mass is 10.0. The van der Waals surface area contributed by atoms with Gasteiger partial charge in [-0.05, 0) is 38.5 Å². The van der Waals surface area contributed by atoms with Crippen molar-refractivity contribution in [3.63, 3.8) is 0 Å². The van der Waals surface area contributed by atoms with Crippen LogP contribution in [0.5, 0.6) is 5.75 Å². The van der Waals surface area contributed by atoms with Crippen LogP contribution >= 0.6 is 0 Å². The van der Waals surface area contributed by atoms with E-state index in [2.05, 4.69) is 5.32 Å². The highest BCUT2D eigenvalue weighted by molar-refractivity contribution is 5.57. The maximum atomic E-state index is 11.1. The molecular weight excluding hydrogens is 280 g/mol. The standard InChI is InChI=1S/C17H20N2O3/c1-4-22-17-8-6-5-7-15(17)18-13(3)14-10-9-12(2)16(11-14)19(20)21/h5-11,13,18H,4H2,1-3H3. The molecule has 2 aromatic carbocycles. The second-order valence-corrected chi connectivity index (χ2v) is 5.10. The summed E-state index contributed by atoms with van der Waals surface area (Å²) in [6.45, 7) is 6.23. The Morgan fingerprint density at radius 2 is 2.00 bits per heavy atom. The van der Waals surface area contributed by atoms with Gasteiger partial charge in [0.2, 0.25) is 0 Å². The summed E-state index contributed by atoms with van der Waals surface area (Å²) in [5, 5.41) is 14.4. The van der Waals surface area contributed by atoms with Gasteiger partial charge >= 0.3 is 0 Å². The highest BCUT2D eigenvalue weighted by Crippen LogP contribution is 2.30. The zero-order valence-corrected chi connectivity index (χ0v) is 13.0. The Labute approximate surface area is 130 Å². The minimum Gasteiger partial charge on any atom is -0.492 e. The lowest BCUT2D eigenvalue weighted by Crippen LogP contribution is -2.09. The van der Waals surface area contributed by atoms with Gasteiger partial charge in [0.25, 0.3) is 5.69 Å². The summed E-state index contributed by atoms with van der Waals surface area (Å²) in [5.74, 6) is 0.776. The molecule has 0 radical (unpaired) electrons. The topological polar surface area (TPSA) is 64.4 Å². The highest BCUT2D eigenvalue weighted by atomic mass is 16.6. The molecule has 5 heteroatoms. The van der Waals surface area contributed by atoms with E-state index >= 15 is 0 Å². The Bertz CT molecular complexity index is 671. The van der Waals surface area contributed by atoms with Gasteiger partial charge in [-0.2, -0.15) is 0 Å². The van der Waals surface area contributed by atoms with E-state index in [0.29, 0.717) is 12.2 Å². The summed E-state index contributed by atoms with van der Waals surface area (Å²) < 4.78 is 5.58. The minimum absolute atomic E-state index is 0.0686. The molecule has 22 heavy (non-hydrogen) atoms. The van der Waals surface area contributed by atoms with E-state index in [1.54, 1.807) is 19.1 Å². The van der Waals surface area contributed by atoms with Crippen molar-refractivity contribution >= 4 is 11.4 Å². The van der Waals surface area contributed by atoms with Crippen LogP contribution in [0.4, 0.5) is 11.4 Å². The van der Waals surface area contributed by atoms with Crippen LogP contribution in [-0.2, 0) is 0 Å². The van der Waals surface area contributed by atoms with Crippen LogP contribution in [0, 0.1) is 17.0 Å². The van der Waals surface area contributed by atoms with Crippen LogP contribution in [0.2, 0.25) is 0 Å². The van der Waals surface area contributed by atoms with Crippen molar-refractivity contribution in [2.75, 3.05) is 11.9 Å². The van der Waals surface area contributed by atoms with E-state index in [4.69, 9.17) is 4.74 Å². The largest absolute Gasteiger partial charge is 0.492 e. The number of benzene rings is 2. The summed E-state index contributed by atoms with van der Waals surface area (Å²) in [4.78, 5) is 10.7. The molecule has 1 N–H and O–H groups in total. The number of para-hydroxylation sites is 2. The average molecular weight is 300 g/mol. The summed E-state index contributed by atoms with van der Waals surface area (Å²) in [6, 6.07) is 12.9. The summed E-state index contributed by atoms with van der Waals surface area (Å²) in [7, 11) is 0. The number of nitrogens with one attached hydrogen (secondary N) is 1. The monoisotopic (exact) mass is 300 g/mol. The maximum absolute atomic E-state index is 11.1. The van der Waals surface area contributed by atoms with E-state index in [-0.39, 0.29) is 16.7 Å². The number of hydrogen-bond donors (Lipinski definition) is 1. The van der Waals surface area contributed by atoms with Gasteiger partial charge in [-0.1, -0.05) is 24.3 Å². The molecule has 0 aromatic heterocycles. The first-order chi connectivity index (χ1) is 10.5. The lowest BCUT2D eigenvalue weighted by molar-refractivity contribution is -0.385. The Balaban J connectivity index is 2.24. The van der Waals surface area contributed by atoms with E-state index < -0.39 is 0 Å². The molecular formula is C17H20N2O3. The van der Waals surface area contributed by atoms with Crippen LogP contribution in [0.15, 0.2) is 42.5 Å². The maximum Gasteiger partial charge on any atom is 0.272 e. The van der Waals surface area contributed by atoms with Crippen LogP contribution in [0.3, 0.4) is 0 Å². The molecule has 116 valence electrons. The molecule has 2 aromatic rings. The molecule has 0 saturated heterocycles. The second-order valence-electron chi connectivity index (χ2n) is 5.10. The van der Waals surface area contributed by atoms with E-state index in [9.17, 15) is 10.1 Å². The Morgan fingerprint density at radius 3 is 2.68 bits per heavy atom. The highest BCUT2D eigenvalue weighted by Gasteiger charge is 2.15. The molecule has 0 fully saturated rings. The first-order valence-electron chi connectivity index (χ1n) is 7.26. The number of rotatable bonds is 6. The van der Waals surface area contributed by atoms with Crippen molar-refractivity contribution in [2.45, 2.75) is 26.8 Å². The SMILES string of the molecule is CCOc1ccccc1NC(C)c1ccc(C)c([N+](=O)[O-])c1. The Kier molecular flexibility index (Phi) is 4.99.